The molecule has 0 aliphatic carbocycles. The van der Waals surface area contributed by atoms with Crippen molar-refractivity contribution in [2.75, 3.05) is 33.4 Å². The van der Waals surface area contributed by atoms with Gasteiger partial charge in [0, 0.05) is 63.4 Å². The maximum Gasteiger partial charge on any atom is 0.261 e. The Morgan fingerprint density at radius 3 is 3.00 bits per heavy atom. The summed E-state index contributed by atoms with van der Waals surface area (Å²) in [6, 6.07) is 4.17. The van der Waals surface area contributed by atoms with E-state index in [1.54, 1.807) is 37.3 Å². The highest BCUT2D eigenvalue weighted by molar-refractivity contribution is 5.93. The number of nitrogens with one attached hydrogen (secondary N) is 1. The van der Waals surface area contributed by atoms with Crippen molar-refractivity contribution >= 4 is 11.0 Å². The summed E-state index contributed by atoms with van der Waals surface area (Å²) in [6.45, 7) is 8.06. The Morgan fingerprint density at radius 1 is 1.39 bits per heavy atom. The molecule has 1 saturated heterocycles. The van der Waals surface area contributed by atoms with Crippen LogP contribution in [0.25, 0.3) is 22.1 Å². The highest BCUT2D eigenvalue weighted by Gasteiger charge is 2.22. The van der Waals surface area contributed by atoms with Crippen molar-refractivity contribution in [1.82, 2.24) is 19.8 Å². The number of methoxy groups -OCH3 is 1. The fraction of sp³-hybridized carbons (Fsp3) is 0.478. The second-order valence-electron chi connectivity index (χ2n) is 8.17. The van der Waals surface area contributed by atoms with Gasteiger partial charge in [0.05, 0.1) is 24.2 Å². The first-order valence-corrected chi connectivity index (χ1v) is 10.6. The molecule has 0 radical (unpaired) electrons. The number of aromatic nitrogens is 2. The van der Waals surface area contributed by atoms with E-state index < -0.39 is 0 Å². The van der Waals surface area contributed by atoms with Crippen molar-refractivity contribution in [2.24, 2.45) is 7.05 Å². The van der Waals surface area contributed by atoms with Gasteiger partial charge in [-0.3, -0.25) is 14.7 Å². The number of ether oxygens (including phenoxy) is 2. The lowest BCUT2D eigenvalue weighted by Crippen LogP contribution is -2.49. The fourth-order valence-corrected chi connectivity index (χ4v) is 3.88. The molecule has 1 fully saturated rings. The zero-order valence-corrected chi connectivity index (χ0v) is 18.6. The zero-order chi connectivity index (χ0) is 22.0. The van der Waals surface area contributed by atoms with Gasteiger partial charge in [0.15, 0.2) is 0 Å². The smallest absolute Gasteiger partial charge is 0.261 e. The van der Waals surface area contributed by atoms with Crippen LogP contribution in [0.1, 0.15) is 19.6 Å². The molecule has 3 aromatic heterocycles. The summed E-state index contributed by atoms with van der Waals surface area (Å²) < 4.78 is 19.1. The van der Waals surface area contributed by atoms with Crippen LogP contribution in [0.3, 0.4) is 0 Å². The molecule has 3 aromatic rings. The zero-order valence-electron chi connectivity index (χ0n) is 18.6. The highest BCUT2D eigenvalue weighted by atomic mass is 16.5. The summed E-state index contributed by atoms with van der Waals surface area (Å²) in [5.41, 5.74) is 2.14. The SMILES string of the molecule is COC(C)COc1cnccc1-c1cn(C)c(=O)c2cc(CN3CCNC[C@H]3C)oc12. The molecule has 8 nitrogen and oxygen atoms in total. The summed E-state index contributed by atoms with van der Waals surface area (Å²) in [5.74, 6) is 1.41. The van der Waals surface area contributed by atoms with E-state index in [-0.39, 0.29) is 11.7 Å². The largest absolute Gasteiger partial charge is 0.489 e. The minimum atomic E-state index is -0.0772. The normalized spacial score (nSPS) is 18.4. The monoisotopic (exact) mass is 426 g/mol. The van der Waals surface area contributed by atoms with Crippen LogP contribution in [0.5, 0.6) is 5.75 Å². The van der Waals surface area contributed by atoms with Gasteiger partial charge in [-0.05, 0) is 26.0 Å². The lowest BCUT2D eigenvalue weighted by Gasteiger charge is -2.33. The van der Waals surface area contributed by atoms with Crippen LogP contribution in [-0.2, 0) is 18.3 Å². The average Bonchev–Trinajstić information content (AvgIpc) is 3.20. The third-order valence-corrected chi connectivity index (χ3v) is 5.85. The number of fused-ring (bicyclic) bond motifs is 1. The Bertz CT molecular complexity index is 1110. The molecule has 0 saturated carbocycles. The number of furan rings is 1. The van der Waals surface area contributed by atoms with E-state index in [0.29, 0.717) is 35.9 Å². The van der Waals surface area contributed by atoms with Gasteiger partial charge in [-0.2, -0.15) is 0 Å². The molecule has 1 N–H and O–H groups in total. The van der Waals surface area contributed by atoms with Gasteiger partial charge in [0.1, 0.15) is 23.7 Å². The Labute approximate surface area is 181 Å². The first-order chi connectivity index (χ1) is 15.0. The molecule has 4 rings (SSSR count). The maximum atomic E-state index is 12.8. The molecule has 1 aliphatic heterocycles. The lowest BCUT2D eigenvalue weighted by molar-refractivity contribution is 0.0717. The molecular formula is C23H30N4O4. The minimum absolute atomic E-state index is 0.0514. The van der Waals surface area contributed by atoms with Crippen molar-refractivity contribution in [1.29, 1.82) is 0 Å². The number of hydrogen-bond donors (Lipinski definition) is 1. The van der Waals surface area contributed by atoms with Crippen LogP contribution in [0.15, 0.2) is 39.9 Å². The van der Waals surface area contributed by atoms with E-state index in [4.69, 9.17) is 13.9 Å². The van der Waals surface area contributed by atoms with E-state index in [9.17, 15) is 4.79 Å². The summed E-state index contributed by atoms with van der Waals surface area (Å²) >= 11 is 0. The Balaban J connectivity index is 1.74. The Kier molecular flexibility index (Phi) is 6.41. The van der Waals surface area contributed by atoms with Gasteiger partial charge >= 0.3 is 0 Å². The van der Waals surface area contributed by atoms with Gasteiger partial charge in [0.2, 0.25) is 0 Å². The van der Waals surface area contributed by atoms with Crippen molar-refractivity contribution in [2.45, 2.75) is 32.5 Å². The number of aryl methyl sites for hydroxylation is 1. The summed E-state index contributed by atoms with van der Waals surface area (Å²) in [6.07, 6.45) is 5.14. The van der Waals surface area contributed by atoms with Crippen molar-refractivity contribution in [3.63, 3.8) is 0 Å². The molecule has 2 atom stereocenters. The molecular weight excluding hydrogens is 396 g/mol. The summed E-state index contributed by atoms with van der Waals surface area (Å²) in [7, 11) is 3.41. The van der Waals surface area contributed by atoms with Crippen LogP contribution in [0.2, 0.25) is 0 Å². The predicted octanol–water partition coefficient (Wildman–Crippen LogP) is 2.40. The number of nitrogens with zero attached hydrogens (tertiary/aromatic N) is 3. The fourth-order valence-electron chi connectivity index (χ4n) is 3.88. The topological polar surface area (TPSA) is 81.8 Å². The molecule has 1 unspecified atom stereocenters. The molecule has 8 heteroatoms. The van der Waals surface area contributed by atoms with Gasteiger partial charge in [-0.1, -0.05) is 0 Å². The Morgan fingerprint density at radius 2 is 2.23 bits per heavy atom. The lowest BCUT2D eigenvalue weighted by atomic mass is 10.1. The third-order valence-electron chi connectivity index (χ3n) is 5.85. The van der Waals surface area contributed by atoms with E-state index in [1.807, 2.05) is 19.1 Å². The van der Waals surface area contributed by atoms with Gasteiger partial charge in [0.25, 0.3) is 5.56 Å². The molecule has 0 bridgehead atoms. The predicted molar refractivity (Wildman–Crippen MR) is 119 cm³/mol. The quantitative estimate of drug-likeness (QED) is 0.621. The van der Waals surface area contributed by atoms with E-state index in [2.05, 4.69) is 22.1 Å². The van der Waals surface area contributed by atoms with Gasteiger partial charge in [-0.25, -0.2) is 0 Å². The molecule has 166 valence electrons. The molecule has 0 amide bonds. The van der Waals surface area contributed by atoms with Crippen LogP contribution >= 0.6 is 0 Å². The van der Waals surface area contributed by atoms with Crippen molar-refractivity contribution < 1.29 is 13.9 Å². The highest BCUT2D eigenvalue weighted by Crippen LogP contribution is 2.35. The number of hydrogen-bond acceptors (Lipinski definition) is 7. The number of pyridine rings is 2. The van der Waals surface area contributed by atoms with Gasteiger partial charge < -0.3 is 23.8 Å². The van der Waals surface area contributed by atoms with Gasteiger partial charge in [-0.15, -0.1) is 0 Å². The standard InChI is InChI=1S/C23H30N4O4/c1-15-10-25-7-8-27(15)12-17-9-19-22(31-17)20(13-26(3)23(19)28)18-5-6-24-11-21(18)30-14-16(2)29-4/h5-6,9,11,13,15-16,25H,7-8,10,12,14H2,1-4H3/t15-,16?/m1/s1. The molecule has 1 aliphatic rings. The second kappa shape index (κ2) is 9.21. The Hall–Kier alpha value is -2.68. The van der Waals surface area contributed by atoms with E-state index >= 15 is 0 Å². The summed E-state index contributed by atoms with van der Waals surface area (Å²) in [4.78, 5) is 19.4. The molecule has 0 spiro atoms. The first-order valence-electron chi connectivity index (χ1n) is 10.6. The summed E-state index contributed by atoms with van der Waals surface area (Å²) in [5, 5.41) is 3.97. The number of piperazine rings is 1. The van der Waals surface area contributed by atoms with E-state index in [1.165, 1.54) is 0 Å². The number of rotatable bonds is 7. The molecule has 4 heterocycles. The van der Waals surface area contributed by atoms with Crippen LogP contribution in [0, 0.1) is 0 Å². The van der Waals surface area contributed by atoms with Crippen LogP contribution in [0.4, 0.5) is 0 Å². The van der Waals surface area contributed by atoms with Crippen LogP contribution < -0.4 is 15.6 Å². The third kappa shape index (κ3) is 4.51. The van der Waals surface area contributed by atoms with Crippen LogP contribution in [-0.4, -0.2) is 59.9 Å². The van der Waals surface area contributed by atoms with E-state index in [0.717, 1.165) is 36.5 Å². The average molecular weight is 427 g/mol. The van der Waals surface area contributed by atoms with Crippen molar-refractivity contribution in [3.8, 4) is 16.9 Å². The molecule has 0 aromatic carbocycles. The first kappa shape index (κ1) is 21.5. The molecule has 31 heavy (non-hydrogen) atoms. The minimum Gasteiger partial charge on any atom is -0.489 e. The van der Waals surface area contributed by atoms with Crippen molar-refractivity contribution in [3.05, 3.63) is 46.8 Å². The maximum absolute atomic E-state index is 12.8. The second-order valence-corrected chi connectivity index (χ2v) is 8.17.